The number of benzene rings is 1. The van der Waals surface area contributed by atoms with Crippen LogP contribution in [0.5, 0.6) is 5.75 Å². The maximum atomic E-state index is 5.60. The van der Waals surface area contributed by atoms with Crippen molar-refractivity contribution in [2.45, 2.75) is 39.7 Å². The van der Waals surface area contributed by atoms with Gasteiger partial charge in [-0.25, -0.2) is 4.98 Å². The Morgan fingerprint density at radius 2 is 2.05 bits per heavy atom. The van der Waals surface area contributed by atoms with Crippen LogP contribution in [0.3, 0.4) is 0 Å². The first kappa shape index (κ1) is 16.0. The van der Waals surface area contributed by atoms with Gasteiger partial charge in [0, 0.05) is 24.4 Å². The van der Waals surface area contributed by atoms with Crippen LogP contribution in [0.1, 0.15) is 42.6 Å². The number of nitrogens with zero attached hydrogens (tertiary/aromatic N) is 1. The third kappa shape index (κ3) is 5.14. The van der Waals surface area contributed by atoms with Gasteiger partial charge in [-0.15, -0.1) is 11.3 Å². The summed E-state index contributed by atoms with van der Waals surface area (Å²) in [5, 5.41) is 6.82. The lowest BCUT2D eigenvalue weighted by atomic mass is 10.1. The van der Waals surface area contributed by atoms with Crippen molar-refractivity contribution in [2.24, 2.45) is 0 Å². The molecule has 1 heterocycles. The fourth-order valence-electron chi connectivity index (χ4n) is 2.13. The molecule has 2 rings (SSSR count). The Morgan fingerprint density at radius 1 is 1.29 bits per heavy atom. The number of hydrogen-bond donors (Lipinski definition) is 1. The summed E-state index contributed by atoms with van der Waals surface area (Å²) >= 11 is 1.71. The fourth-order valence-corrected chi connectivity index (χ4v) is 2.78. The number of rotatable bonds is 8. The van der Waals surface area contributed by atoms with E-state index in [1.54, 1.807) is 11.3 Å². The molecule has 3 nitrogen and oxygen atoms in total. The predicted molar refractivity (Wildman–Crippen MR) is 89.2 cm³/mol. The summed E-state index contributed by atoms with van der Waals surface area (Å²) in [6, 6.07) is 8.70. The number of ether oxygens (including phenoxy) is 1. The second kappa shape index (κ2) is 8.15. The summed E-state index contributed by atoms with van der Waals surface area (Å²) in [7, 11) is 0. The number of aromatic nitrogens is 1. The molecule has 0 amide bonds. The number of hydrogen-bond acceptors (Lipinski definition) is 4. The van der Waals surface area contributed by atoms with Gasteiger partial charge in [0.25, 0.3) is 0 Å². The molecule has 0 spiro atoms. The van der Waals surface area contributed by atoms with Crippen LogP contribution in [-0.4, -0.2) is 18.1 Å². The molecule has 0 aliphatic heterocycles. The monoisotopic (exact) mass is 304 g/mol. The summed E-state index contributed by atoms with van der Waals surface area (Å²) < 4.78 is 5.60. The van der Waals surface area contributed by atoms with Crippen LogP contribution in [0.2, 0.25) is 0 Å². The minimum absolute atomic E-state index is 0.338. The van der Waals surface area contributed by atoms with Crippen molar-refractivity contribution in [3.63, 3.8) is 0 Å². The van der Waals surface area contributed by atoms with Crippen molar-refractivity contribution in [3.05, 3.63) is 45.9 Å². The van der Waals surface area contributed by atoms with Crippen LogP contribution in [0.4, 0.5) is 0 Å². The molecule has 2 aromatic rings. The lowest BCUT2D eigenvalue weighted by Gasteiger charge is -2.14. The van der Waals surface area contributed by atoms with Crippen LogP contribution < -0.4 is 10.1 Å². The smallest absolute Gasteiger partial charge is 0.119 e. The van der Waals surface area contributed by atoms with E-state index in [2.05, 4.69) is 41.7 Å². The maximum Gasteiger partial charge on any atom is 0.119 e. The molecular weight excluding hydrogens is 280 g/mol. The Labute approximate surface area is 131 Å². The van der Waals surface area contributed by atoms with Gasteiger partial charge < -0.3 is 10.1 Å². The average molecular weight is 304 g/mol. The molecule has 1 aromatic carbocycles. The van der Waals surface area contributed by atoms with E-state index in [0.717, 1.165) is 36.8 Å². The van der Waals surface area contributed by atoms with E-state index in [-0.39, 0.29) is 0 Å². The van der Waals surface area contributed by atoms with E-state index in [4.69, 9.17) is 4.74 Å². The van der Waals surface area contributed by atoms with Gasteiger partial charge >= 0.3 is 0 Å². The van der Waals surface area contributed by atoms with Crippen LogP contribution in [0.15, 0.2) is 29.6 Å². The standard InChI is InChI=1S/C17H24N2OS/c1-4-11-20-17-7-5-15(6-8-17)13(2)18-10-9-16-12-21-14(3)19-16/h5-8,12-13,18H,4,9-11H2,1-3H3. The highest BCUT2D eigenvalue weighted by Crippen LogP contribution is 2.18. The molecule has 114 valence electrons. The lowest BCUT2D eigenvalue weighted by molar-refractivity contribution is 0.317. The van der Waals surface area contributed by atoms with Crippen molar-refractivity contribution < 1.29 is 4.74 Å². The van der Waals surface area contributed by atoms with Crippen molar-refractivity contribution in [2.75, 3.05) is 13.2 Å². The summed E-state index contributed by atoms with van der Waals surface area (Å²) in [6.07, 6.45) is 2.02. The van der Waals surface area contributed by atoms with Gasteiger partial charge in [-0.3, -0.25) is 0 Å². The lowest BCUT2D eigenvalue weighted by Crippen LogP contribution is -2.21. The largest absolute Gasteiger partial charge is 0.494 e. The summed E-state index contributed by atoms with van der Waals surface area (Å²) in [5.41, 5.74) is 2.47. The molecule has 0 fully saturated rings. The molecule has 21 heavy (non-hydrogen) atoms. The Hall–Kier alpha value is -1.39. The van der Waals surface area contributed by atoms with Crippen molar-refractivity contribution in [1.82, 2.24) is 10.3 Å². The number of nitrogens with one attached hydrogen (secondary N) is 1. The van der Waals surface area contributed by atoms with E-state index in [1.165, 1.54) is 11.3 Å². The zero-order chi connectivity index (χ0) is 15.1. The zero-order valence-electron chi connectivity index (χ0n) is 13.1. The van der Waals surface area contributed by atoms with Gasteiger partial charge in [0.15, 0.2) is 0 Å². The third-order valence-electron chi connectivity index (χ3n) is 3.35. The normalized spacial score (nSPS) is 12.3. The SMILES string of the molecule is CCCOc1ccc(C(C)NCCc2csc(C)n2)cc1. The summed E-state index contributed by atoms with van der Waals surface area (Å²) in [5.74, 6) is 0.950. The first-order valence-electron chi connectivity index (χ1n) is 7.56. The molecule has 1 unspecified atom stereocenters. The Balaban J connectivity index is 1.78. The van der Waals surface area contributed by atoms with Crippen LogP contribution in [0, 0.1) is 6.92 Å². The Kier molecular flexibility index (Phi) is 6.21. The molecule has 0 radical (unpaired) electrons. The van der Waals surface area contributed by atoms with E-state index >= 15 is 0 Å². The summed E-state index contributed by atoms with van der Waals surface area (Å²) in [4.78, 5) is 4.48. The Bertz CT molecular complexity index is 536. The van der Waals surface area contributed by atoms with Crippen molar-refractivity contribution in [1.29, 1.82) is 0 Å². The highest BCUT2D eigenvalue weighted by Gasteiger charge is 2.05. The molecule has 0 aliphatic carbocycles. The van der Waals surface area contributed by atoms with Gasteiger partial charge in [0.1, 0.15) is 5.75 Å². The van der Waals surface area contributed by atoms with Gasteiger partial charge in [-0.05, 0) is 38.0 Å². The minimum atomic E-state index is 0.338. The molecule has 1 aromatic heterocycles. The first-order chi connectivity index (χ1) is 10.2. The van der Waals surface area contributed by atoms with E-state index < -0.39 is 0 Å². The van der Waals surface area contributed by atoms with Gasteiger partial charge in [-0.1, -0.05) is 19.1 Å². The van der Waals surface area contributed by atoms with Gasteiger partial charge in [-0.2, -0.15) is 0 Å². The third-order valence-corrected chi connectivity index (χ3v) is 4.17. The van der Waals surface area contributed by atoms with Crippen LogP contribution in [0.25, 0.3) is 0 Å². The molecular formula is C17H24N2OS. The second-order valence-corrected chi connectivity index (χ2v) is 6.26. The van der Waals surface area contributed by atoms with Crippen LogP contribution in [-0.2, 0) is 6.42 Å². The molecule has 0 saturated heterocycles. The van der Waals surface area contributed by atoms with Gasteiger partial charge in [0.2, 0.25) is 0 Å². The Morgan fingerprint density at radius 3 is 2.67 bits per heavy atom. The molecule has 1 N–H and O–H groups in total. The summed E-state index contributed by atoms with van der Waals surface area (Å²) in [6.45, 7) is 8.07. The number of aryl methyl sites for hydroxylation is 1. The predicted octanol–water partition coefficient (Wildman–Crippen LogP) is 4.13. The first-order valence-corrected chi connectivity index (χ1v) is 8.44. The highest BCUT2D eigenvalue weighted by atomic mass is 32.1. The highest BCUT2D eigenvalue weighted by molar-refractivity contribution is 7.09. The average Bonchev–Trinajstić information content (AvgIpc) is 2.91. The van der Waals surface area contributed by atoms with Gasteiger partial charge in [0.05, 0.1) is 17.3 Å². The maximum absolute atomic E-state index is 5.60. The molecule has 0 aliphatic rings. The van der Waals surface area contributed by atoms with E-state index in [0.29, 0.717) is 6.04 Å². The molecule has 4 heteroatoms. The molecule has 0 saturated carbocycles. The van der Waals surface area contributed by atoms with Crippen molar-refractivity contribution >= 4 is 11.3 Å². The van der Waals surface area contributed by atoms with E-state index in [1.807, 2.05) is 19.1 Å². The van der Waals surface area contributed by atoms with Crippen LogP contribution >= 0.6 is 11.3 Å². The second-order valence-electron chi connectivity index (χ2n) is 5.20. The molecule has 1 atom stereocenters. The fraction of sp³-hybridized carbons (Fsp3) is 0.471. The quantitative estimate of drug-likeness (QED) is 0.796. The zero-order valence-corrected chi connectivity index (χ0v) is 13.9. The number of thiazole rings is 1. The minimum Gasteiger partial charge on any atom is -0.494 e. The van der Waals surface area contributed by atoms with E-state index in [9.17, 15) is 0 Å². The molecule has 0 bridgehead atoms. The topological polar surface area (TPSA) is 34.1 Å². The van der Waals surface area contributed by atoms with Crippen molar-refractivity contribution in [3.8, 4) is 5.75 Å².